The Morgan fingerprint density at radius 1 is 1.41 bits per heavy atom. The second kappa shape index (κ2) is 4.11. The molecule has 0 saturated carbocycles. The summed E-state index contributed by atoms with van der Waals surface area (Å²) in [4.78, 5) is 0. The zero-order valence-electron chi connectivity index (χ0n) is 10.8. The highest BCUT2D eigenvalue weighted by Gasteiger charge is 2.40. The zero-order chi connectivity index (χ0) is 11.9. The Bertz CT molecular complexity index is 429. The van der Waals surface area contributed by atoms with Gasteiger partial charge < -0.3 is 10.1 Å². The van der Waals surface area contributed by atoms with Crippen molar-refractivity contribution in [2.24, 2.45) is 0 Å². The third-order valence-corrected chi connectivity index (χ3v) is 4.16. The van der Waals surface area contributed by atoms with Crippen molar-refractivity contribution in [1.29, 1.82) is 0 Å². The topological polar surface area (TPSA) is 21.3 Å². The SMILES string of the molecule is Cc1ccc2c(c1)C1(CCNC(C)C1)OCC2. The molecule has 0 aliphatic carbocycles. The Morgan fingerprint density at radius 2 is 2.29 bits per heavy atom. The molecule has 0 radical (unpaired) electrons. The molecule has 0 amide bonds. The molecule has 0 aromatic heterocycles. The molecule has 1 aromatic rings. The second-order valence-electron chi connectivity index (χ2n) is 5.56. The molecule has 0 bridgehead atoms. The van der Waals surface area contributed by atoms with Crippen LogP contribution in [0.25, 0.3) is 0 Å². The van der Waals surface area contributed by atoms with Crippen molar-refractivity contribution >= 4 is 0 Å². The van der Waals surface area contributed by atoms with Crippen molar-refractivity contribution in [3.63, 3.8) is 0 Å². The minimum atomic E-state index is -0.00965. The van der Waals surface area contributed by atoms with E-state index in [-0.39, 0.29) is 5.60 Å². The van der Waals surface area contributed by atoms with Gasteiger partial charge in [-0.3, -0.25) is 0 Å². The number of ether oxygens (including phenoxy) is 1. The summed E-state index contributed by atoms with van der Waals surface area (Å²) in [6, 6.07) is 7.41. The lowest BCUT2D eigenvalue weighted by Crippen LogP contribution is -2.48. The van der Waals surface area contributed by atoms with E-state index in [0.29, 0.717) is 6.04 Å². The summed E-state index contributed by atoms with van der Waals surface area (Å²) in [6.45, 7) is 6.37. The molecule has 92 valence electrons. The predicted molar refractivity (Wildman–Crippen MR) is 69.2 cm³/mol. The van der Waals surface area contributed by atoms with Gasteiger partial charge in [-0.05, 0) is 50.8 Å². The molecule has 1 saturated heterocycles. The molecule has 1 N–H and O–H groups in total. The molecule has 1 spiro atoms. The van der Waals surface area contributed by atoms with Gasteiger partial charge in [0.1, 0.15) is 0 Å². The molecule has 3 rings (SSSR count). The van der Waals surface area contributed by atoms with E-state index in [1.54, 1.807) is 0 Å². The third kappa shape index (κ3) is 1.90. The first-order chi connectivity index (χ1) is 8.20. The van der Waals surface area contributed by atoms with E-state index >= 15 is 0 Å². The summed E-state index contributed by atoms with van der Waals surface area (Å²) in [6.07, 6.45) is 3.27. The van der Waals surface area contributed by atoms with Crippen LogP contribution in [0.1, 0.15) is 36.5 Å². The lowest BCUT2D eigenvalue weighted by Gasteiger charge is -2.44. The number of aryl methyl sites for hydroxylation is 1. The lowest BCUT2D eigenvalue weighted by atomic mass is 9.77. The highest BCUT2D eigenvalue weighted by Crippen LogP contribution is 2.41. The van der Waals surface area contributed by atoms with Gasteiger partial charge in [-0.25, -0.2) is 0 Å². The van der Waals surface area contributed by atoms with Crippen LogP contribution in [0.3, 0.4) is 0 Å². The second-order valence-corrected chi connectivity index (χ2v) is 5.56. The zero-order valence-corrected chi connectivity index (χ0v) is 10.8. The van der Waals surface area contributed by atoms with Crippen LogP contribution in [0, 0.1) is 6.92 Å². The first-order valence-corrected chi connectivity index (χ1v) is 6.67. The van der Waals surface area contributed by atoms with Crippen molar-refractivity contribution < 1.29 is 4.74 Å². The van der Waals surface area contributed by atoms with Crippen LogP contribution in [0.4, 0.5) is 0 Å². The van der Waals surface area contributed by atoms with E-state index in [4.69, 9.17) is 4.74 Å². The van der Waals surface area contributed by atoms with Crippen molar-refractivity contribution in [1.82, 2.24) is 5.32 Å². The molecule has 2 heteroatoms. The standard InChI is InChI=1S/C15H21NO/c1-11-3-4-13-5-8-17-15(14(13)9-11)6-7-16-12(2)10-15/h3-4,9,12,16H,5-8,10H2,1-2H3. The van der Waals surface area contributed by atoms with Crippen LogP contribution in [0.15, 0.2) is 18.2 Å². The number of fused-ring (bicyclic) bond motifs is 2. The molecule has 1 fully saturated rings. The van der Waals surface area contributed by atoms with E-state index in [2.05, 4.69) is 37.4 Å². The summed E-state index contributed by atoms with van der Waals surface area (Å²) >= 11 is 0. The number of hydrogen-bond acceptors (Lipinski definition) is 2. The Hall–Kier alpha value is -0.860. The number of rotatable bonds is 0. The van der Waals surface area contributed by atoms with Crippen LogP contribution >= 0.6 is 0 Å². The fourth-order valence-corrected chi connectivity index (χ4v) is 3.33. The highest BCUT2D eigenvalue weighted by molar-refractivity contribution is 5.38. The minimum Gasteiger partial charge on any atom is -0.370 e. The van der Waals surface area contributed by atoms with Gasteiger partial charge in [0.15, 0.2) is 0 Å². The van der Waals surface area contributed by atoms with Gasteiger partial charge in [-0.15, -0.1) is 0 Å². The maximum Gasteiger partial charge on any atom is 0.0961 e. The fraction of sp³-hybridized carbons (Fsp3) is 0.600. The van der Waals surface area contributed by atoms with Crippen LogP contribution in [0.5, 0.6) is 0 Å². The van der Waals surface area contributed by atoms with Gasteiger partial charge in [-0.1, -0.05) is 23.8 Å². The van der Waals surface area contributed by atoms with E-state index in [9.17, 15) is 0 Å². The van der Waals surface area contributed by atoms with Gasteiger partial charge in [0, 0.05) is 6.04 Å². The molecule has 2 heterocycles. The molecular formula is C15H21NO. The smallest absolute Gasteiger partial charge is 0.0961 e. The van der Waals surface area contributed by atoms with Crippen LogP contribution in [-0.4, -0.2) is 19.2 Å². The largest absolute Gasteiger partial charge is 0.370 e. The van der Waals surface area contributed by atoms with Gasteiger partial charge >= 0.3 is 0 Å². The number of nitrogens with one attached hydrogen (secondary N) is 1. The van der Waals surface area contributed by atoms with Crippen LogP contribution < -0.4 is 5.32 Å². The first kappa shape index (κ1) is 11.2. The minimum absolute atomic E-state index is 0.00965. The van der Waals surface area contributed by atoms with Gasteiger partial charge in [0.2, 0.25) is 0 Å². The Labute approximate surface area is 103 Å². The molecule has 1 aromatic carbocycles. The molecule has 2 aliphatic heterocycles. The number of hydrogen-bond donors (Lipinski definition) is 1. The molecule has 2 atom stereocenters. The molecule has 2 aliphatic rings. The van der Waals surface area contributed by atoms with Gasteiger partial charge in [0.05, 0.1) is 12.2 Å². The van der Waals surface area contributed by atoms with Crippen LogP contribution in [-0.2, 0) is 16.8 Å². The van der Waals surface area contributed by atoms with Crippen molar-refractivity contribution in [2.45, 2.75) is 44.8 Å². The normalized spacial score (nSPS) is 32.5. The third-order valence-electron chi connectivity index (χ3n) is 4.16. The molecule has 2 nitrogen and oxygen atoms in total. The monoisotopic (exact) mass is 231 g/mol. The lowest BCUT2D eigenvalue weighted by molar-refractivity contribution is -0.0879. The summed E-state index contributed by atoms with van der Waals surface area (Å²) in [5.74, 6) is 0. The average Bonchev–Trinajstić information content (AvgIpc) is 2.30. The fourth-order valence-electron chi connectivity index (χ4n) is 3.33. The summed E-state index contributed by atoms with van der Waals surface area (Å²) in [5, 5.41) is 3.52. The Morgan fingerprint density at radius 3 is 3.12 bits per heavy atom. The van der Waals surface area contributed by atoms with Crippen molar-refractivity contribution in [3.05, 3.63) is 34.9 Å². The Balaban J connectivity index is 2.05. The highest BCUT2D eigenvalue weighted by atomic mass is 16.5. The van der Waals surface area contributed by atoms with Gasteiger partial charge in [0.25, 0.3) is 0 Å². The van der Waals surface area contributed by atoms with E-state index < -0.39 is 0 Å². The molecule has 2 unspecified atom stereocenters. The summed E-state index contributed by atoms with van der Waals surface area (Å²) in [5.41, 5.74) is 4.29. The van der Waals surface area contributed by atoms with E-state index in [1.807, 2.05) is 0 Å². The Kier molecular flexibility index (Phi) is 2.72. The first-order valence-electron chi connectivity index (χ1n) is 6.67. The maximum atomic E-state index is 6.22. The van der Waals surface area contributed by atoms with E-state index in [1.165, 1.54) is 16.7 Å². The number of benzene rings is 1. The maximum absolute atomic E-state index is 6.22. The van der Waals surface area contributed by atoms with E-state index in [0.717, 1.165) is 32.4 Å². The average molecular weight is 231 g/mol. The quantitative estimate of drug-likeness (QED) is 0.741. The van der Waals surface area contributed by atoms with Crippen molar-refractivity contribution in [3.8, 4) is 0 Å². The molecular weight excluding hydrogens is 210 g/mol. The van der Waals surface area contributed by atoms with Gasteiger partial charge in [-0.2, -0.15) is 0 Å². The van der Waals surface area contributed by atoms with Crippen LogP contribution in [0.2, 0.25) is 0 Å². The summed E-state index contributed by atoms with van der Waals surface area (Å²) < 4.78 is 6.22. The predicted octanol–water partition coefficient (Wildman–Crippen LogP) is 2.53. The number of piperidine rings is 1. The van der Waals surface area contributed by atoms with Crippen molar-refractivity contribution in [2.75, 3.05) is 13.2 Å². The summed E-state index contributed by atoms with van der Waals surface area (Å²) in [7, 11) is 0. The molecule has 17 heavy (non-hydrogen) atoms.